The van der Waals surface area contributed by atoms with Gasteiger partial charge in [0.15, 0.2) is 11.6 Å². The van der Waals surface area contributed by atoms with Crippen LogP contribution >= 0.6 is 0 Å². The molecule has 3 heteroatoms. The van der Waals surface area contributed by atoms with Gasteiger partial charge in [-0.2, -0.15) is 0 Å². The summed E-state index contributed by atoms with van der Waals surface area (Å²) in [6.45, 7) is 4.35. The third-order valence-corrected chi connectivity index (χ3v) is 4.21. The van der Waals surface area contributed by atoms with E-state index in [2.05, 4.69) is 13.8 Å². The lowest BCUT2D eigenvalue weighted by atomic mass is 9.73. The van der Waals surface area contributed by atoms with Gasteiger partial charge in [-0.15, -0.1) is 0 Å². The molecule has 0 radical (unpaired) electrons. The van der Waals surface area contributed by atoms with E-state index in [9.17, 15) is 13.6 Å². The lowest BCUT2D eigenvalue weighted by Crippen LogP contribution is -2.28. The first kappa shape index (κ1) is 14.2. The van der Waals surface area contributed by atoms with Crippen molar-refractivity contribution in [3.05, 3.63) is 35.4 Å². The molecular formula is C16H20F2O. The summed E-state index contributed by atoms with van der Waals surface area (Å²) in [6.07, 6.45) is 2.98. The fourth-order valence-electron chi connectivity index (χ4n) is 2.90. The molecule has 1 fully saturated rings. The minimum Gasteiger partial charge on any atom is -0.299 e. The van der Waals surface area contributed by atoms with E-state index in [0.717, 1.165) is 18.9 Å². The Hall–Kier alpha value is -1.25. The van der Waals surface area contributed by atoms with E-state index in [4.69, 9.17) is 0 Å². The van der Waals surface area contributed by atoms with E-state index in [-0.39, 0.29) is 11.7 Å². The minimum absolute atomic E-state index is 0.0361. The number of ketones is 1. The molecule has 0 amide bonds. The normalized spacial score (nSPS) is 23.9. The van der Waals surface area contributed by atoms with Gasteiger partial charge in [0, 0.05) is 12.3 Å². The summed E-state index contributed by atoms with van der Waals surface area (Å²) in [6, 6.07) is 3.92. The Kier molecular flexibility index (Phi) is 4.33. The second kappa shape index (κ2) is 5.81. The molecule has 1 aromatic rings. The fourth-order valence-corrected chi connectivity index (χ4v) is 2.90. The highest BCUT2D eigenvalue weighted by molar-refractivity contribution is 5.82. The molecule has 1 nitrogen and oxygen atoms in total. The zero-order valence-electron chi connectivity index (χ0n) is 11.5. The molecule has 2 atom stereocenters. The predicted molar refractivity (Wildman–Crippen MR) is 70.7 cm³/mol. The summed E-state index contributed by atoms with van der Waals surface area (Å²) in [5.41, 5.74) is 0.710. The Bertz CT molecular complexity index is 468. The molecule has 104 valence electrons. The van der Waals surface area contributed by atoms with Crippen molar-refractivity contribution in [3.63, 3.8) is 0 Å². The van der Waals surface area contributed by atoms with E-state index in [1.807, 2.05) is 0 Å². The van der Waals surface area contributed by atoms with Gasteiger partial charge in [0.2, 0.25) is 0 Å². The Morgan fingerprint density at radius 1 is 1.26 bits per heavy atom. The first-order valence-electron chi connectivity index (χ1n) is 6.94. The average molecular weight is 266 g/mol. The summed E-state index contributed by atoms with van der Waals surface area (Å²) in [4.78, 5) is 12.0. The molecule has 2 rings (SSSR count). The topological polar surface area (TPSA) is 17.1 Å². The van der Waals surface area contributed by atoms with Crippen LogP contribution in [0.15, 0.2) is 18.2 Å². The maximum absolute atomic E-state index is 13.2. The van der Waals surface area contributed by atoms with Gasteiger partial charge in [0.1, 0.15) is 5.78 Å². The van der Waals surface area contributed by atoms with Crippen molar-refractivity contribution in [2.45, 2.75) is 39.5 Å². The first-order chi connectivity index (χ1) is 8.97. The van der Waals surface area contributed by atoms with Crippen LogP contribution in [0.25, 0.3) is 0 Å². The zero-order valence-corrected chi connectivity index (χ0v) is 11.5. The summed E-state index contributed by atoms with van der Waals surface area (Å²) in [5, 5.41) is 0. The van der Waals surface area contributed by atoms with Crippen LogP contribution in [-0.2, 0) is 11.2 Å². The van der Waals surface area contributed by atoms with Crippen LogP contribution in [0.1, 0.15) is 38.7 Å². The van der Waals surface area contributed by atoms with Crippen LogP contribution in [0, 0.1) is 29.4 Å². The fraction of sp³-hybridized carbons (Fsp3) is 0.562. The molecule has 0 aliphatic heterocycles. The molecule has 0 bridgehead atoms. The molecule has 1 aromatic carbocycles. The molecule has 0 saturated heterocycles. The maximum Gasteiger partial charge on any atom is 0.159 e. The third-order valence-electron chi connectivity index (χ3n) is 4.21. The van der Waals surface area contributed by atoms with Gasteiger partial charge in [-0.3, -0.25) is 4.79 Å². The number of hydrogen-bond acceptors (Lipinski definition) is 1. The average Bonchev–Trinajstić information content (AvgIpc) is 2.36. The van der Waals surface area contributed by atoms with Gasteiger partial charge in [0.05, 0.1) is 0 Å². The number of halogens is 2. The van der Waals surface area contributed by atoms with E-state index in [0.29, 0.717) is 30.2 Å². The molecule has 1 aliphatic rings. The summed E-state index contributed by atoms with van der Waals surface area (Å²) in [5.74, 6) is -0.305. The Morgan fingerprint density at radius 2 is 2.00 bits per heavy atom. The summed E-state index contributed by atoms with van der Waals surface area (Å²) in [7, 11) is 0. The Balaban J connectivity index is 2.07. The van der Waals surface area contributed by atoms with E-state index in [1.54, 1.807) is 6.07 Å². The van der Waals surface area contributed by atoms with Crippen molar-refractivity contribution in [3.8, 4) is 0 Å². The number of hydrogen-bond donors (Lipinski definition) is 0. The van der Waals surface area contributed by atoms with Gasteiger partial charge >= 0.3 is 0 Å². The van der Waals surface area contributed by atoms with Gasteiger partial charge in [0.25, 0.3) is 0 Å². The van der Waals surface area contributed by atoms with Crippen LogP contribution in [0.3, 0.4) is 0 Å². The van der Waals surface area contributed by atoms with Crippen LogP contribution in [0.4, 0.5) is 8.78 Å². The standard InChI is InChI=1S/C16H20F2O/c1-10(2)12-4-6-16(19)13(9-12)7-11-3-5-14(17)15(18)8-11/h3,5,8,10,12-13H,4,6-7,9H2,1-2H3. The third kappa shape index (κ3) is 3.40. The zero-order chi connectivity index (χ0) is 14.0. The first-order valence-corrected chi connectivity index (χ1v) is 6.94. The SMILES string of the molecule is CC(C)C1CCC(=O)C(Cc2ccc(F)c(F)c2)C1. The highest BCUT2D eigenvalue weighted by atomic mass is 19.2. The van der Waals surface area contributed by atoms with Crippen molar-refractivity contribution in [2.75, 3.05) is 0 Å². The number of Topliss-reactive ketones (excluding diaryl/α,β-unsaturated/α-hetero) is 1. The molecule has 1 saturated carbocycles. The summed E-state index contributed by atoms with van der Waals surface area (Å²) >= 11 is 0. The van der Waals surface area contributed by atoms with Crippen LogP contribution in [0.5, 0.6) is 0 Å². The van der Waals surface area contributed by atoms with E-state index >= 15 is 0 Å². The van der Waals surface area contributed by atoms with Gasteiger partial charge in [-0.25, -0.2) is 8.78 Å². The molecule has 0 N–H and O–H groups in total. The lowest BCUT2D eigenvalue weighted by molar-refractivity contribution is -0.125. The van der Waals surface area contributed by atoms with E-state index < -0.39 is 11.6 Å². The van der Waals surface area contributed by atoms with Crippen molar-refractivity contribution >= 4 is 5.78 Å². The second-order valence-electron chi connectivity index (χ2n) is 5.89. The number of rotatable bonds is 3. The lowest BCUT2D eigenvalue weighted by Gasteiger charge is -2.30. The highest BCUT2D eigenvalue weighted by Crippen LogP contribution is 2.33. The highest BCUT2D eigenvalue weighted by Gasteiger charge is 2.30. The van der Waals surface area contributed by atoms with Crippen molar-refractivity contribution < 1.29 is 13.6 Å². The van der Waals surface area contributed by atoms with Crippen LogP contribution in [0.2, 0.25) is 0 Å². The second-order valence-corrected chi connectivity index (χ2v) is 5.89. The smallest absolute Gasteiger partial charge is 0.159 e. The minimum atomic E-state index is -0.834. The quantitative estimate of drug-likeness (QED) is 0.803. The van der Waals surface area contributed by atoms with Crippen LogP contribution in [-0.4, -0.2) is 5.78 Å². The van der Waals surface area contributed by atoms with E-state index in [1.165, 1.54) is 6.07 Å². The van der Waals surface area contributed by atoms with Crippen molar-refractivity contribution in [1.82, 2.24) is 0 Å². The van der Waals surface area contributed by atoms with Gasteiger partial charge < -0.3 is 0 Å². The molecule has 0 aromatic heterocycles. The molecule has 0 heterocycles. The Morgan fingerprint density at radius 3 is 2.63 bits per heavy atom. The van der Waals surface area contributed by atoms with Gasteiger partial charge in [-0.05, 0) is 48.8 Å². The monoisotopic (exact) mass is 266 g/mol. The number of carbonyl (C=O) groups is 1. The predicted octanol–water partition coefficient (Wildman–Crippen LogP) is 4.15. The molecule has 2 unspecified atom stereocenters. The molecule has 0 spiro atoms. The Labute approximate surface area is 113 Å². The summed E-state index contributed by atoms with van der Waals surface area (Å²) < 4.78 is 26.1. The van der Waals surface area contributed by atoms with Gasteiger partial charge in [-0.1, -0.05) is 19.9 Å². The molecule has 19 heavy (non-hydrogen) atoms. The number of carbonyl (C=O) groups excluding carboxylic acids is 1. The molecule has 1 aliphatic carbocycles. The van der Waals surface area contributed by atoms with Crippen molar-refractivity contribution in [1.29, 1.82) is 0 Å². The largest absolute Gasteiger partial charge is 0.299 e. The maximum atomic E-state index is 13.2. The van der Waals surface area contributed by atoms with Crippen LogP contribution < -0.4 is 0 Å². The number of benzene rings is 1. The van der Waals surface area contributed by atoms with Crippen molar-refractivity contribution in [2.24, 2.45) is 17.8 Å². The molecular weight excluding hydrogens is 246 g/mol.